The van der Waals surface area contributed by atoms with Crippen molar-refractivity contribution in [3.8, 4) is 0 Å². The van der Waals surface area contributed by atoms with Gasteiger partial charge >= 0.3 is 0 Å². The summed E-state index contributed by atoms with van der Waals surface area (Å²) in [6, 6.07) is 0.353. The van der Waals surface area contributed by atoms with Crippen molar-refractivity contribution >= 4 is 30.7 Å². The molecule has 1 N–H and O–H groups in total. The zero-order valence-corrected chi connectivity index (χ0v) is 14.5. The van der Waals surface area contributed by atoms with E-state index in [1.165, 1.54) is 0 Å². The van der Waals surface area contributed by atoms with Crippen molar-refractivity contribution in [3.63, 3.8) is 0 Å². The summed E-state index contributed by atoms with van der Waals surface area (Å²) in [5.41, 5.74) is 0. The predicted octanol–water partition coefficient (Wildman–Crippen LogP) is 0.142. The SMILES string of the molecule is Cl.Cl.O=C(C1CNCCO1)N1CCCC1CN1CCOCC1. The van der Waals surface area contributed by atoms with Crippen molar-refractivity contribution in [3.05, 3.63) is 0 Å². The monoisotopic (exact) mass is 355 g/mol. The number of nitrogens with zero attached hydrogens (tertiary/aromatic N) is 2. The van der Waals surface area contributed by atoms with Crippen molar-refractivity contribution in [1.29, 1.82) is 0 Å². The van der Waals surface area contributed by atoms with Crippen LogP contribution in [-0.2, 0) is 14.3 Å². The van der Waals surface area contributed by atoms with E-state index in [9.17, 15) is 4.79 Å². The molecule has 0 aliphatic carbocycles. The Kier molecular flexibility index (Phi) is 8.97. The zero-order chi connectivity index (χ0) is 13.8. The third kappa shape index (κ3) is 4.94. The van der Waals surface area contributed by atoms with Crippen molar-refractivity contribution in [2.24, 2.45) is 0 Å². The molecule has 3 saturated heterocycles. The molecule has 3 heterocycles. The maximum absolute atomic E-state index is 12.6. The quantitative estimate of drug-likeness (QED) is 0.780. The molecule has 0 aromatic carbocycles. The summed E-state index contributed by atoms with van der Waals surface area (Å²) in [4.78, 5) is 17.0. The lowest BCUT2D eigenvalue weighted by molar-refractivity contribution is -0.146. The van der Waals surface area contributed by atoms with E-state index in [1.54, 1.807) is 0 Å². The Morgan fingerprint density at radius 2 is 1.91 bits per heavy atom. The third-order valence-electron chi connectivity index (χ3n) is 4.44. The molecule has 2 unspecified atom stereocenters. The van der Waals surface area contributed by atoms with Gasteiger partial charge in [-0.05, 0) is 12.8 Å². The molecular weight excluding hydrogens is 329 g/mol. The van der Waals surface area contributed by atoms with Gasteiger partial charge in [0, 0.05) is 45.3 Å². The number of carbonyl (C=O) groups is 1. The van der Waals surface area contributed by atoms with Crippen LogP contribution in [0.3, 0.4) is 0 Å². The number of rotatable bonds is 3. The number of likely N-dealkylation sites (tertiary alicyclic amines) is 1. The molecule has 8 heteroatoms. The highest BCUT2D eigenvalue weighted by molar-refractivity contribution is 5.85. The third-order valence-corrected chi connectivity index (χ3v) is 4.44. The molecule has 3 rings (SSSR count). The number of ether oxygens (including phenoxy) is 2. The standard InChI is InChI=1S/C14H25N3O3.2ClH/c18-14(13-10-15-3-7-20-13)17-4-1-2-12(17)11-16-5-8-19-9-6-16;;/h12-13,15H,1-11H2;2*1H. The maximum Gasteiger partial charge on any atom is 0.253 e. The minimum Gasteiger partial charge on any atom is -0.379 e. The molecule has 22 heavy (non-hydrogen) atoms. The first-order valence-corrected chi connectivity index (χ1v) is 7.77. The highest BCUT2D eigenvalue weighted by atomic mass is 35.5. The molecule has 3 aliphatic rings. The van der Waals surface area contributed by atoms with Gasteiger partial charge in [0.25, 0.3) is 5.91 Å². The molecule has 3 aliphatic heterocycles. The molecule has 0 saturated carbocycles. The van der Waals surface area contributed by atoms with Crippen molar-refractivity contribution < 1.29 is 14.3 Å². The number of amides is 1. The summed E-state index contributed by atoms with van der Waals surface area (Å²) in [5, 5.41) is 3.24. The molecule has 0 radical (unpaired) electrons. The number of hydrogen-bond donors (Lipinski definition) is 1. The Morgan fingerprint density at radius 3 is 2.59 bits per heavy atom. The van der Waals surface area contributed by atoms with Crippen LogP contribution >= 0.6 is 24.8 Å². The Labute approximate surface area is 144 Å². The van der Waals surface area contributed by atoms with Gasteiger partial charge in [0.05, 0.1) is 19.8 Å². The van der Waals surface area contributed by atoms with Crippen LogP contribution in [0.1, 0.15) is 12.8 Å². The molecule has 2 atom stereocenters. The summed E-state index contributed by atoms with van der Waals surface area (Å²) in [6.07, 6.45) is 1.94. The summed E-state index contributed by atoms with van der Waals surface area (Å²) >= 11 is 0. The first kappa shape index (κ1) is 19.9. The van der Waals surface area contributed by atoms with Crippen LogP contribution in [0, 0.1) is 0 Å². The van der Waals surface area contributed by atoms with Gasteiger partial charge in [-0.25, -0.2) is 0 Å². The number of morpholine rings is 2. The minimum absolute atomic E-state index is 0. The van der Waals surface area contributed by atoms with E-state index in [-0.39, 0.29) is 36.8 Å². The lowest BCUT2D eigenvalue weighted by Crippen LogP contribution is -2.53. The summed E-state index contributed by atoms with van der Waals surface area (Å²) in [6.45, 7) is 7.61. The average molecular weight is 356 g/mol. The van der Waals surface area contributed by atoms with E-state index in [0.717, 1.165) is 58.8 Å². The summed E-state index contributed by atoms with van der Waals surface area (Å²) in [7, 11) is 0. The smallest absolute Gasteiger partial charge is 0.253 e. The second-order valence-electron chi connectivity index (χ2n) is 5.80. The van der Waals surface area contributed by atoms with Crippen LogP contribution in [0.2, 0.25) is 0 Å². The molecule has 0 spiro atoms. The second-order valence-corrected chi connectivity index (χ2v) is 5.80. The zero-order valence-electron chi connectivity index (χ0n) is 12.9. The van der Waals surface area contributed by atoms with E-state index in [4.69, 9.17) is 9.47 Å². The van der Waals surface area contributed by atoms with E-state index in [0.29, 0.717) is 19.2 Å². The summed E-state index contributed by atoms with van der Waals surface area (Å²) in [5.74, 6) is 0.174. The minimum atomic E-state index is -0.283. The fourth-order valence-corrected chi connectivity index (χ4v) is 3.31. The molecular formula is C14H27Cl2N3O3. The van der Waals surface area contributed by atoms with Crippen LogP contribution in [-0.4, -0.2) is 86.9 Å². The van der Waals surface area contributed by atoms with Crippen molar-refractivity contribution in [2.45, 2.75) is 25.0 Å². The predicted molar refractivity (Wildman–Crippen MR) is 89.1 cm³/mol. The number of halogens is 2. The fourth-order valence-electron chi connectivity index (χ4n) is 3.31. The van der Waals surface area contributed by atoms with Gasteiger partial charge in [0.1, 0.15) is 6.10 Å². The Morgan fingerprint density at radius 1 is 1.14 bits per heavy atom. The number of carbonyl (C=O) groups excluding carboxylic acids is 1. The summed E-state index contributed by atoms with van der Waals surface area (Å²) < 4.78 is 11.0. The van der Waals surface area contributed by atoms with Gasteiger partial charge in [-0.2, -0.15) is 0 Å². The van der Waals surface area contributed by atoms with Gasteiger partial charge < -0.3 is 19.7 Å². The highest BCUT2D eigenvalue weighted by Gasteiger charge is 2.35. The average Bonchev–Trinajstić information content (AvgIpc) is 2.96. The number of nitrogens with one attached hydrogen (secondary N) is 1. The Balaban J connectivity index is 0.00000121. The van der Waals surface area contributed by atoms with Gasteiger partial charge in [0.15, 0.2) is 0 Å². The lowest BCUT2D eigenvalue weighted by Gasteiger charge is -2.35. The fraction of sp³-hybridized carbons (Fsp3) is 0.929. The molecule has 6 nitrogen and oxygen atoms in total. The van der Waals surface area contributed by atoms with Crippen LogP contribution in [0.5, 0.6) is 0 Å². The van der Waals surface area contributed by atoms with Crippen molar-refractivity contribution in [2.75, 3.05) is 59.1 Å². The first-order valence-electron chi connectivity index (χ1n) is 7.77. The van der Waals surface area contributed by atoms with Crippen LogP contribution in [0.15, 0.2) is 0 Å². The Hall–Kier alpha value is -0.110. The van der Waals surface area contributed by atoms with Crippen LogP contribution in [0.4, 0.5) is 0 Å². The van der Waals surface area contributed by atoms with Gasteiger partial charge in [-0.3, -0.25) is 9.69 Å². The largest absolute Gasteiger partial charge is 0.379 e. The molecule has 0 aromatic rings. The van der Waals surface area contributed by atoms with Gasteiger partial charge in [-0.15, -0.1) is 24.8 Å². The maximum atomic E-state index is 12.6. The molecule has 0 bridgehead atoms. The van der Waals surface area contributed by atoms with E-state index in [2.05, 4.69) is 10.2 Å². The van der Waals surface area contributed by atoms with Gasteiger partial charge in [-0.1, -0.05) is 0 Å². The normalized spacial score (nSPS) is 29.5. The second kappa shape index (κ2) is 9.90. The van der Waals surface area contributed by atoms with E-state index in [1.807, 2.05) is 4.90 Å². The lowest BCUT2D eigenvalue weighted by atomic mass is 10.2. The highest BCUT2D eigenvalue weighted by Crippen LogP contribution is 2.20. The van der Waals surface area contributed by atoms with E-state index >= 15 is 0 Å². The molecule has 1 amide bonds. The first-order chi connectivity index (χ1) is 9.84. The molecule has 3 fully saturated rings. The number of hydrogen-bond acceptors (Lipinski definition) is 5. The van der Waals surface area contributed by atoms with Crippen LogP contribution in [0.25, 0.3) is 0 Å². The van der Waals surface area contributed by atoms with E-state index < -0.39 is 0 Å². The molecule has 0 aromatic heterocycles. The van der Waals surface area contributed by atoms with Crippen LogP contribution < -0.4 is 5.32 Å². The van der Waals surface area contributed by atoms with Gasteiger partial charge in [0.2, 0.25) is 0 Å². The van der Waals surface area contributed by atoms with Crippen molar-refractivity contribution in [1.82, 2.24) is 15.1 Å². The molecule has 130 valence electrons. The Bertz CT molecular complexity index is 337. The topological polar surface area (TPSA) is 54.0 Å².